The van der Waals surface area contributed by atoms with Crippen LogP contribution in [0.3, 0.4) is 0 Å². The van der Waals surface area contributed by atoms with Gasteiger partial charge in [-0.2, -0.15) is 0 Å². The molecule has 1 aromatic carbocycles. The number of piperazine rings is 2. The van der Waals surface area contributed by atoms with E-state index in [-0.39, 0.29) is 50.4 Å². The SMILES string of the molecule is NC(N)=Nc1ccc(CC(=O)N2CCN(C(=O)OC(=O)N3CCN(C(=O)CSc4ccncc4)CC3)CC2=C2CCCCCCC2)cc1. The molecule has 48 heavy (non-hydrogen) atoms. The number of nitrogens with zero attached hydrogens (tertiary/aromatic N) is 6. The number of carbonyl (C=O) groups is 4. The number of hydrogen-bond donors (Lipinski definition) is 2. The minimum absolute atomic E-state index is 0.00827. The van der Waals surface area contributed by atoms with Crippen molar-refractivity contribution in [2.24, 2.45) is 16.5 Å². The van der Waals surface area contributed by atoms with E-state index in [0.717, 1.165) is 54.7 Å². The highest BCUT2D eigenvalue weighted by atomic mass is 32.2. The molecule has 1 saturated carbocycles. The van der Waals surface area contributed by atoms with E-state index >= 15 is 0 Å². The number of amides is 4. The quantitative estimate of drug-likeness (QED) is 0.200. The van der Waals surface area contributed by atoms with Crippen LogP contribution in [-0.2, 0) is 20.7 Å². The first-order valence-electron chi connectivity index (χ1n) is 16.5. The molecule has 0 bridgehead atoms. The van der Waals surface area contributed by atoms with Crippen LogP contribution in [-0.4, -0.2) is 106 Å². The highest BCUT2D eigenvalue weighted by Crippen LogP contribution is 2.29. The molecule has 2 aliphatic heterocycles. The lowest BCUT2D eigenvalue weighted by molar-refractivity contribution is -0.130. The van der Waals surface area contributed by atoms with E-state index in [1.54, 1.807) is 29.4 Å². The molecule has 0 radical (unpaired) electrons. The lowest BCUT2D eigenvalue weighted by Gasteiger charge is -2.39. The van der Waals surface area contributed by atoms with E-state index < -0.39 is 12.2 Å². The Morgan fingerprint density at radius 1 is 0.750 bits per heavy atom. The maximum atomic E-state index is 13.7. The number of aromatic nitrogens is 1. The molecule has 3 aliphatic rings. The molecule has 0 atom stereocenters. The summed E-state index contributed by atoms with van der Waals surface area (Å²) in [6.07, 6.45) is 9.41. The van der Waals surface area contributed by atoms with Gasteiger partial charge in [0, 0.05) is 62.3 Å². The topological polar surface area (TPSA) is 168 Å². The molecule has 5 rings (SSSR count). The van der Waals surface area contributed by atoms with Crippen LogP contribution in [0.15, 0.2) is 69.9 Å². The van der Waals surface area contributed by atoms with Gasteiger partial charge < -0.3 is 35.8 Å². The van der Waals surface area contributed by atoms with Gasteiger partial charge in [0.15, 0.2) is 5.96 Å². The van der Waals surface area contributed by atoms with Crippen molar-refractivity contribution in [3.63, 3.8) is 0 Å². The minimum atomic E-state index is -0.723. The summed E-state index contributed by atoms with van der Waals surface area (Å²) < 4.78 is 5.35. The molecule has 3 heterocycles. The van der Waals surface area contributed by atoms with Crippen LogP contribution in [0.5, 0.6) is 0 Å². The summed E-state index contributed by atoms with van der Waals surface area (Å²) >= 11 is 1.44. The molecule has 0 unspecified atom stereocenters. The van der Waals surface area contributed by atoms with E-state index in [2.05, 4.69) is 9.98 Å². The standard InChI is InChI=1S/C34H44N8O5S/c35-32(36)38-27-10-8-25(9-11-27)22-30(43)42-21-20-41(23-29(42)26-6-4-2-1-3-5-7-26)34(46)47-33(45)40-18-16-39(17-19-40)31(44)24-48-28-12-14-37-15-13-28/h8-15H,1-7,16-24H2,(H4,35,36,38). The molecule has 256 valence electrons. The molecule has 1 aromatic heterocycles. The summed E-state index contributed by atoms with van der Waals surface area (Å²) in [5.74, 6) is 0.204. The Morgan fingerprint density at radius 2 is 1.35 bits per heavy atom. The zero-order valence-electron chi connectivity index (χ0n) is 27.2. The molecule has 3 fully saturated rings. The van der Waals surface area contributed by atoms with Gasteiger partial charge >= 0.3 is 12.2 Å². The number of ether oxygens (including phenoxy) is 1. The number of pyridine rings is 1. The highest BCUT2D eigenvalue weighted by molar-refractivity contribution is 8.00. The van der Waals surface area contributed by atoms with Crippen LogP contribution in [0.2, 0.25) is 0 Å². The fourth-order valence-corrected chi connectivity index (χ4v) is 6.96. The smallest absolute Gasteiger partial charge is 0.370 e. The van der Waals surface area contributed by atoms with Crippen molar-refractivity contribution in [3.8, 4) is 0 Å². The van der Waals surface area contributed by atoms with Gasteiger partial charge in [-0.25, -0.2) is 14.6 Å². The Bertz CT molecular complexity index is 1500. The molecule has 2 aromatic rings. The van der Waals surface area contributed by atoms with Crippen molar-refractivity contribution in [3.05, 3.63) is 65.6 Å². The number of thioether (sulfide) groups is 1. The predicted octanol–water partition coefficient (Wildman–Crippen LogP) is 3.86. The normalized spacial score (nSPS) is 17.3. The first-order valence-corrected chi connectivity index (χ1v) is 17.5. The van der Waals surface area contributed by atoms with Crippen LogP contribution in [0, 0.1) is 0 Å². The molecule has 4 amide bonds. The molecular weight excluding hydrogens is 632 g/mol. The molecule has 14 heteroatoms. The zero-order valence-corrected chi connectivity index (χ0v) is 28.0. The number of aliphatic imine (C=N–C) groups is 1. The van der Waals surface area contributed by atoms with Crippen molar-refractivity contribution in [1.29, 1.82) is 0 Å². The van der Waals surface area contributed by atoms with Crippen molar-refractivity contribution >= 4 is 47.4 Å². The second kappa shape index (κ2) is 17.0. The third-order valence-electron chi connectivity index (χ3n) is 8.81. The van der Waals surface area contributed by atoms with Crippen LogP contribution >= 0.6 is 11.8 Å². The Hall–Kier alpha value is -4.59. The Morgan fingerprint density at radius 3 is 2.02 bits per heavy atom. The second-order valence-corrected chi connectivity index (χ2v) is 13.2. The zero-order chi connectivity index (χ0) is 33.9. The molecular formula is C34H44N8O5S. The Balaban J connectivity index is 1.17. The first kappa shape index (κ1) is 34.7. The molecule has 4 N–H and O–H groups in total. The molecule has 2 saturated heterocycles. The Labute approximate surface area is 285 Å². The monoisotopic (exact) mass is 676 g/mol. The maximum Gasteiger partial charge on any atom is 0.419 e. The summed E-state index contributed by atoms with van der Waals surface area (Å²) in [6.45, 7) is 2.06. The first-order chi connectivity index (χ1) is 23.3. The number of allylic oxidation sites excluding steroid dienone is 1. The second-order valence-electron chi connectivity index (χ2n) is 12.1. The number of benzene rings is 1. The summed E-state index contributed by atoms with van der Waals surface area (Å²) in [4.78, 5) is 68.2. The van der Waals surface area contributed by atoms with Gasteiger partial charge in [-0.3, -0.25) is 14.6 Å². The molecule has 13 nitrogen and oxygen atoms in total. The third-order valence-corrected chi connectivity index (χ3v) is 9.81. The van der Waals surface area contributed by atoms with Crippen molar-refractivity contribution in [2.75, 3.05) is 51.6 Å². The van der Waals surface area contributed by atoms with Crippen LogP contribution in [0.25, 0.3) is 0 Å². The van der Waals surface area contributed by atoms with Gasteiger partial charge in [-0.15, -0.1) is 11.8 Å². The summed E-state index contributed by atoms with van der Waals surface area (Å²) in [6, 6.07) is 10.9. The number of carbonyl (C=O) groups excluding carboxylic acids is 4. The third kappa shape index (κ3) is 9.72. The molecule has 1 aliphatic carbocycles. The van der Waals surface area contributed by atoms with Crippen molar-refractivity contribution < 1.29 is 23.9 Å². The average molecular weight is 677 g/mol. The van der Waals surface area contributed by atoms with Gasteiger partial charge in [0.05, 0.1) is 24.4 Å². The number of hydrogen-bond acceptors (Lipinski definition) is 8. The van der Waals surface area contributed by atoms with Gasteiger partial charge in [-0.05, 0) is 61.1 Å². The van der Waals surface area contributed by atoms with Crippen LogP contribution in [0.1, 0.15) is 50.5 Å². The average Bonchev–Trinajstić information content (AvgIpc) is 3.08. The van der Waals surface area contributed by atoms with E-state index in [1.807, 2.05) is 29.2 Å². The number of rotatable bonds is 6. The lowest BCUT2D eigenvalue weighted by Crippen LogP contribution is -2.53. The molecule has 0 spiro atoms. The van der Waals surface area contributed by atoms with E-state index in [9.17, 15) is 19.2 Å². The van der Waals surface area contributed by atoms with Gasteiger partial charge in [0.2, 0.25) is 11.8 Å². The minimum Gasteiger partial charge on any atom is -0.370 e. The predicted molar refractivity (Wildman–Crippen MR) is 183 cm³/mol. The number of nitrogens with two attached hydrogens (primary N) is 2. The fraction of sp³-hybridized carbons (Fsp3) is 0.471. The van der Waals surface area contributed by atoms with Gasteiger partial charge in [-0.1, -0.05) is 31.4 Å². The highest BCUT2D eigenvalue weighted by Gasteiger charge is 2.33. The van der Waals surface area contributed by atoms with Crippen molar-refractivity contribution in [1.82, 2.24) is 24.6 Å². The Kier molecular flexibility index (Phi) is 12.3. The summed E-state index contributed by atoms with van der Waals surface area (Å²) in [5, 5.41) is 0. The van der Waals surface area contributed by atoms with E-state index in [1.165, 1.54) is 33.6 Å². The van der Waals surface area contributed by atoms with Crippen molar-refractivity contribution in [2.45, 2.75) is 56.3 Å². The summed E-state index contributed by atoms with van der Waals surface area (Å²) in [5.41, 5.74) is 14.4. The van der Waals surface area contributed by atoms with Gasteiger partial charge in [0.1, 0.15) is 0 Å². The largest absolute Gasteiger partial charge is 0.419 e. The van der Waals surface area contributed by atoms with Crippen LogP contribution in [0.4, 0.5) is 15.3 Å². The van der Waals surface area contributed by atoms with E-state index in [4.69, 9.17) is 16.2 Å². The maximum absolute atomic E-state index is 13.7. The number of guanidine groups is 1. The van der Waals surface area contributed by atoms with Crippen LogP contribution < -0.4 is 11.5 Å². The van der Waals surface area contributed by atoms with Gasteiger partial charge in [0.25, 0.3) is 0 Å². The van der Waals surface area contributed by atoms with E-state index in [0.29, 0.717) is 31.1 Å². The lowest BCUT2D eigenvalue weighted by atomic mass is 9.93. The fourth-order valence-electron chi connectivity index (χ4n) is 6.18. The summed E-state index contributed by atoms with van der Waals surface area (Å²) in [7, 11) is 0.